The molecule has 2 atom stereocenters. The van der Waals surface area contributed by atoms with Crippen LogP contribution in [0.15, 0.2) is 12.7 Å². The lowest BCUT2D eigenvalue weighted by molar-refractivity contribution is 0.0300. The second-order valence-corrected chi connectivity index (χ2v) is 8.85. The Morgan fingerprint density at radius 3 is 2.63 bits per heavy atom. The molecule has 0 aliphatic carbocycles. The van der Waals surface area contributed by atoms with E-state index in [1.807, 2.05) is 27.7 Å². The number of aromatic nitrogens is 4. The van der Waals surface area contributed by atoms with Crippen LogP contribution < -0.4 is 5.73 Å². The number of fused-ring (bicyclic) bond motifs is 1. The molecule has 0 bridgehead atoms. The van der Waals surface area contributed by atoms with Gasteiger partial charge in [0.1, 0.15) is 24.4 Å². The normalized spacial score (nSPS) is 21.0. The molecule has 11 heteroatoms. The molecule has 3 rings (SSSR count). The van der Waals surface area contributed by atoms with Gasteiger partial charge in [0, 0.05) is 6.42 Å². The van der Waals surface area contributed by atoms with E-state index in [9.17, 15) is 4.57 Å². The maximum Gasteiger partial charge on any atom is 0.356 e. The molecule has 2 aromatic heterocycles. The Labute approximate surface area is 157 Å². The number of nitrogens with zero attached hydrogens (tertiary/aromatic N) is 4. The molecule has 0 radical (unpaired) electrons. The summed E-state index contributed by atoms with van der Waals surface area (Å²) in [7, 11) is -3.34. The minimum Gasteiger partial charge on any atom is -0.382 e. The highest BCUT2D eigenvalue weighted by molar-refractivity contribution is 7.53. The number of hydrogen-bond donors (Lipinski definition) is 1. The summed E-state index contributed by atoms with van der Waals surface area (Å²) in [6, 6.07) is 0. The Hall–Kier alpha value is -1.58. The summed E-state index contributed by atoms with van der Waals surface area (Å²) >= 11 is 0. The van der Waals surface area contributed by atoms with Crippen molar-refractivity contribution in [2.75, 3.05) is 18.7 Å². The third-order valence-corrected chi connectivity index (χ3v) is 5.80. The van der Waals surface area contributed by atoms with Gasteiger partial charge in [-0.3, -0.25) is 9.13 Å². The van der Waals surface area contributed by atoms with E-state index < -0.39 is 7.60 Å². The fourth-order valence-corrected chi connectivity index (χ4v) is 4.74. The number of hydrogen-bond acceptors (Lipinski definition) is 9. The number of imidazole rings is 1. The fourth-order valence-electron chi connectivity index (χ4n) is 2.89. The molecule has 0 saturated carbocycles. The first-order chi connectivity index (χ1) is 12.8. The minimum absolute atomic E-state index is 0.121. The third kappa shape index (κ3) is 4.83. The highest BCUT2D eigenvalue weighted by Gasteiger charge is 2.34. The Balaban J connectivity index is 1.63. The van der Waals surface area contributed by atoms with Crippen molar-refractivity contribution in [2.24, 2.45) is 0 Å². The van der Waals surface area contributed by atoms with Crippen LogP contribution in [0, 0.1) is 0 Å². The molecule has 10 nitrogen and oxygen atoms in total. The summed E-state index contributed by atoms with van der Waals surface area (Å²) in [5.74, 6) is 0.321. The lowest BCUT2D eigenvalue weighted by Crippen LogP contribution is -2.18. The van der Waals surface area contributed by atoms with Gasteiger partial charge in [-0.05, 0) is 27.7 Å². The van der Waals surface area contributed by atoms with Crippen molar-refractivity contribution in [1.29, 1.82) is 0 Å². The SMILES string of the molecule is CC(C)OP(=O)(CO[C@H]1CO[C@@H](n2cnc3c(N)ncnc32)C1)OC(C)C. The molecule has 1 saturated heterocycles. The average molecular weight is 399 g/mol. The van der Waals surface area contributed by atoms with Gasteiger partial charge in [-0.2, -0.15) is 0 Å². The van der Waals surface area contributed by atoms with E-state index in [0.29, 0.717) is 30.0 Å². The number of ether oxygens (including phenoxy) is 2. The molecule has 1 aliphatic rings. The van der Waals surface area contributed by atoms with E-state index in [2.05, 4.69) is 15.0 Å². The zero-order chi connectivity index (χ0) is 19.6. The van der Waals surface area contributed by atoms with Crippen LogP contribution in [-0.2, 0) is 23.1 Å². The molecule has 3 heterocycles. The van der Waals surface area contributed by atoms with Crippen molar-refractivity contribution in [3.8, 4) is 0 Å². The van der Waals surface area contributed by atoms with E-state index in [1.165, 1.54) is 6.33 Å². The van der Waals surface area contributed by atoms with Crippen LogP contribution >= 0.6 is 7.60 Å². The van der Waals surface area contributed by atoms with Gasteiger partial charge in [0.2, 0.25) is 0 Å². The van der Waals surface area contributed by atoms with E-state index in [4.69, 9.17) is 24.3 Å². The van der Waals surface area contributed by atoms with Crippen LogP contribution in [0.4, 0.5) is 5.82 Å². The molecule has 27 heavy (non-hydrogen) atoms. The first kappa shape index (κ1) is 20.2. The van der Waals surface area contributed by atoms with Crippen molar-refractivity contribution in [3.05, 3.63) is 12.7 Å². The summed E-state index contributed by atoms with van der Waals surface area (Å²) in [6.07, 6.45) is 2.44. The highest BCUT2D eigenvalue weighted by atomic mass is 31.2. The summed E-state index contributed by atoms with van der Waals surface area (Å²) in [4.78, 5) is 12.4. The lowest BCUT2D eigenvalue weighted by atomic mass is 10.3. The Morgan fingerprint density at radius 1 is 1.26 bits per heavy atom. The maximum absolute atomic E-state index is 12.9. The fraction of sp³-hybridized carbons (Fsp3) is 0.688. The van der Waals surface area contributed by atoms with Crippen molar-refractivity contribution < 1.29 is 23.1 Å². The predicted octanol–water partition coefficient (Wildman–Crippen LogP) is 2.71. The quantitative estimate of drug-likeness (QED) is 0.667. The zero-order valence-electron chi connectivity index (χ0n) is 15.9. The molecule has 2 N–H and O–H groups in total. The summed E-state index contributed by atoms with van der Waals surface area (Å²) < 4.78 is 37.3. The zero-order valence-corrected chi connectivity index (χ0v) is 16.8. The van der Waals surface area contributed by atoms with Crippen LogP contribution in [-0.4, -0.2) is 50.8 Å². The molecule has 0 aromatic carbocycles. The van der Waals surface area contributed by atoms with Crippen molar-refractivity contribution in [2.45, 2.75) is 58.7 Å². The second kappa shape index (κ2) is 8.20. The van der Waals surface area contributed by atoms with Gasteiger partial charge in [-0.15, -0.1) is 0 Å². The highest BCUT2D eigenvalue weighted by Crippen LogP contribution is 2.51. The molecule has 1 fully saturated rings. The standard InChI is InChI=1S/C16H26N5O5P/c1-10(2)25-27(22,26-11(3)4)9-24-12-5-13(23-6-12)21-8-20-14-15(17)18-7-19-16(14)21/h7-8,10-13H,5-6,9H2,1-4H3,(H2,17,18,19)/t12-,13-/m1/s1. The van der Waals surface area contributed by atoms with Gasteiger partial charge in [-0.25, -0.2) is 15.0 Å². The molecule has 0 amide bonds. The molecular formula is C16H26N5O5P. The monoisotopic (exact) mass is 399 g/mol. The maximum atomic E-state index is 12.9. The molecular weight excluding hydrogens is 373 g/mol. The molecule has 0 spiro atoms. The molecule has 1 aliphatic heterocycles. The van der Waals surface area contributed by atoms with Gasteiger partial charge in [-0.1, -0.05) is 0 Å². The number of anilines is 1. The third-order valence-electron chi connectivity index (χ3n) is 3.85. The minimum atomic E-state index is -3.34. The average Bonchev–Trinajstić information content (AvgIpc) is 3.18. The largest absolute Gasteiger partial charge is 0.382 e. The first-order valence-corrected chi connectivity index (χ1v) is 10.6. The van der Waals surface area contributed by atoms with Gasteiger partial charge in [0.25, 0.3) is 0 Å². The van der Waals surface area contributed by atoms with Gasteiger partial charge in [0.15, 0.2) is 11.5 Å². The van der Waals surface area contributed by atoms with Crippen molar-refractivity contribution in [1.82, 2.24) is 19.5 Å². The molecule has 2 aromatic rings. The topological polar surface area (TPSA) is 124 Å². The molecule has 150 valence electrons. The first-order valence-electron chi connectivity index (χ1n) is 8.89. The smallest absolute Gasteiger partial charge is 0.356 e. The number of rotatable bonds is 8. The Kier molecular flexibility index (Phi) is 6.12. The summed E-state index contributed by atoms with van der Waals surface area (Å²) in [5, 5.41) is 0. The van der Waals surface area contributed by atoms with E-state index in [1.54, 1.807) is 10.9 Å². The Morgan fingerprint density at radius 2 is 1.96 bits per heavy atom. The number of nitrogen functional groups attached to an aromatic ring is 1. The molecule has 0 unspecified atom stereocenters. The van der Waals surface area contributed by atoms with Crippen LogP contribution in [0.5, 0.6) is 0 Å². The van der Waals surface area contributed by atoms with Crippen LogP contribution in [0.1, 0.15) is 40.3 Å². The lowest BCUT2D eigenvalue weighted by Gasteiger charge is -2.23. The summed E-state index contributed by atoms with van der Waals surface area (Å²) in [6.45, 7) is 7.59. The van der Waals surface area contributed by atoms with Gasteiger partial charge < -0.3 is 24.3 Å². The van der Waals surface area contributed by atoms with Crippen LogP contribution in [0.3, 0.4) is 0 Å². The van der Waals surface area contributed by atoms with Gasteiger partial charge >= 0.3 is 7.60 Å². The summed E-state index contributed by atoms with van der Waals surface area (Å²) in [5.41, 5.74) is 6.95. The predicted molar refractivity (Wildman–Crippen MR) is 99.1 cm³/mol. The Bertz CT molecular complexity index is 813. The van der Waals surface area contributed by atoms with E-state index in [0.717, 1.165) is 0 Å². The van der Waals surface area contributed by atoms with Gasteiger partial charge in [0.05, 0.1) is 31.2 Å². The van der Waals surface area contributed by atoms with Crippen LogP contribution in [0.2, 0.25) is 0 Å². The number of nitrogens with two attached hydrogens (primary N) is 1. The second-order valence-electron chi connectivity index (χ2n) is 6.94. The van der Waals surface area contributed by atoms with Crippen LogP contribution in [0.25, 0.3) is 11.2 Å². The van der Waals surface area contributed by atoms with E-state index in [-0.39, 0.29) is 30.9 Å². The van der Waals surface area contributed by atoms with Crippen molar-refractivity contribution >= 4 is 24.6 Å². The van der Waals surface area contributed by atoms with Crippen molar-refractivity contribution in [3.63, 3.8) is 0 Å². The van der Waals surface area contributed by atoms with E-state index >= 15 is 0 Å².